The Hall–Kier alpha value is -4.04. The van der Waals surface area contributed by atoms with Gasteiger partial charge in [-0.05, 0) is 79.8 Å². The van der Waals surface area contributed by atoms with E-state index in [-0.39, 0.29) is 17.9 Å². The van der Waals surface area contributed by atoms with Gasteiger partial charge in [-0.15, -0.1) is 0 Å². The van der Waals surface area contributed by atoms with E-state index in [1.807, 2.05) is 52.3 Å². The number of para-hydroxylation sites is 2. The molecule has 0 aromatic heterocycles. The van der Waals surface area contributed by atoms with E-state index in [0.29, 0.717) is 18.7 Å². The summed E-state index contributed by atoms with van der Waals surface area (Å²) in [6.07, 6.45) is 2.74. The van der Waals surface area contributed by atoms with Crippen LogP contribution in [-0.2, 0) is 11.2 Å². The lowest BCUT2D eigenvalue weighted by Gasteiger charge is -2.34. The zero-order valence-corrected chi connectivity index (χ0v) is 24.7. The van der Waals surface area contributed by atoms with Crippen molar-refractivity contribution in [2.75, 3.05) is 68.0 Å². The van der Waals surface area contributed by atoms with Crippen molar-refractivity contribution < 1.29 is 14.3 Å². The maximum absolute atomic E-state index is 14.0. The van der Waals surface area contributed by atoms with Crippen molar-refractivity contribution >= 4 is 28.9 Å². The van der Waals surface area contributed by atoms with E-state index in [1.165, 1.54) is 11.3 Å². The highest BCUT2D eigenvalue weighted by molar-refractivity contribution is 6.08. The Bertz CT molecular complexity index is 1450. The lowest BCUT2D eigenvalue weighted by molar-refractivity contribution is -0.130. The first-order valence-electron chi connectivity index (χ1n) is 15.3. The van der Waals surface area contributed by atoms with Gasteiger partial charge in [0.2, 0.25) is 5.91 Å². The Kier molecular flexibility index (Phi) is 8.33. The Morgan fingerprint density at radius 3 is 2.62 bits per heavy atom. The predicted octanol–water partition coefficient (Wildman–Crippen LogP) is 5.11. The number of anilines is 3. The Balaban J connectivity index is 1.22. The van der Waals surface area contributed by atoms with Gasteiger partial charge in [-0.25, -0.2) is 0 Å². The van der Waals surface area contributed by atoms with E-state index in [0.717, 1.165) is 86.8 Å². The van der Waals surface area contributed by atoms with Gasteiger partial charge < -0.3 is 25.2 Å². The van der Waals surface area contributed by atoms with Crippen molar-refractivity contribution in [3.63, 3.8) is 0 Å². The molecule has 3 aliphatic rings. The van der Waals surface area contributed by atoms with Crippen LogP contribution in [0.1, 0.15) is 42.6 Å². The van der Waals surface area contributed by atoms with Gasteiger partial charge in [0.25, 0.3) is 5.91 Å². The molecule has 1 atom stereocenters. The molecule has 0 spiro atoms. The topological polar surface area (TPSA) is 77.2 Å². The highest BCUT2D eigenvalue weighted by Crippen LogP contribution is 2.36. The van der Waals surface area contributed by atoms with E-state index >= 15 is 0 Å². The van der Waals surface area contributed by atoms with Crippen molar-refractivity contribution in [1.82, 2.24) is 9.80 Å². The summed E-state index contributed by atoms with van der Waals surface area (Å²) in [5, 5.41) is 6.98. The van der Waals surface area contributed by atoms with Crippen molar-refractivity contribution in [1.29, 1.82) is 0 Å². The summed E-state index contributed by atoms with van der Waals surface area (Å²) in [5.74, 6) is 0.871. The molecular formula is C34H41N5O3. The van der Waals surface area contributed by atoms with E-state index in [4.69, 9.17) is 4.74 Å². The highest BCUT2D eigenvalue weighted by atomic mass is 16.5. The standard InChI is InChI=1S/C34H41N5O3/c1-24-13-16-39(32-7-4-3-6-31(32)36-24)34(41)28-8-10-29(26-9-11-30-27(22-26)12-14-35-30)33(23-28)42-21-5-15-37-17-19-38(20-18-37)25(2)40/h3-4,6-11,22-24,35-36H,5,12-21H2,1-2H3/t24-/m0/s1. The van der Waals surface area contributed by atoms with Gasteiger partial charge in [-0.3, -0.25) is 14.5 Å². The Morgan fingerprint density at radius 2 is 1.79 bits per heavy atom. The summed E-state index contributed by atoms with van der Waals surface area (Å²) >= 11 is 0. The molecule has 2 N–H and O–H groups in total. The van der Waals surface area contributed by atoms with Crippen molar-refractivity contribution in [3.8, 4) is 16.9 Å². The molecule has 1 saturated heterocycles. The van der Waals surface area contributed by atoms with Crippen LogP contribution in [-0.4, -0.2) is 80.1 Å². The van der Waals surface area contributed by atoms with Crippen LogP contribution in [0, 0.1) is 0 Å². The average molecular weight is 568 g/mol. The third-order valence-corrected chi connectivity index (χ3v) is 8.68. The summed E-state index contributed by atoms with van der Waals surface area (Å²) in [6, 6.07) is 20.7. The van der Waals surface area contributed by atoms with Crippen LogP contribution in [0.4, 0.5) is 17.1 Å². The predicted molar refractivity (Wildman–Crippen MR) is 169 cm³/mol. The monoisotopic (exact) mass is 567 g/mol. The molecule has 3 aromatic carbocycles. The van der Waals surface area contributed by atoms with Crippen LogP contribution in [0.2, 0.25) is 0 Å². The molecule has 0 saturated carbocycles. The SMILES string of the molecule is CC(=O)N1CCN(CCCOc2cc(C(=O)N3CC[C@H](C)Nc4ccccc43)ccc2-c2ccc3c(c2)CCN3)CC1. The zero-order chi connectivity index (χ0) is 29.1. The molecule has 1 fully saturated rings. The molecule has 3 aromatic rings. The number of piperazine rings is 1. The number of carbonyl (C=O) groups excluding carboxylic acids is 2. The number of amides is 2. The third kappa shape index (κ3) is 6.09. The fraction of sp³-hybridized carbons (Fsp3) is 0.412. The van der Waals surface area contributed by atoms with E-state index < -0.39 is 0 Å². The molecule has 3 heterocycles. The van der Waals surface area contributed by atoms with Crippen molar-refractivity contribution in [2.24, 2.45) is 0 Å². The van der Waals surface area contributed by atoms with Gasteiger partial charge in [-0.1, -0.05) is 18.2 Å². The van der Waals surface area contributed by atoms with Gasteiger partial charge in [-0.2, -0.15) is 0 Å². The zero-order valence-electron chi connectivity index (χ0n) is 24.7. The fourth-order valence-electron chi connectivity index (χ4n) is 6.22. The lowest BCUT2D eigenvalue weighted by atomic mass is 9.99. The first kappa shape index (κ1) is 28.1. The van der Waals surface area contributed by atoms with Gasteiger partial charge in [0.1, 0.15) is 5.75 Å². The van der Waals surface area contributed by atoms with Crippen LogP contribution < -0.4 is 20.3 Å². The van der Waals surface area contributed by atoms with Crippen LogP contribution in [0.5, 0.6) is 5.75 Å². The van der Waals surface area contributed by atoms with Gasteiger partial charge >= 0.3 is 0 Å². The normalized spacial score (nSPS) is 18.4. The third-order valence-electron chi connectivity index (χ3n) is 8.68. The summed E-state index contributed by atoms with van der Waals surface area (Å²) in [5.41, 5.74) is 7.13. The Labute approximate surface area is 248 Å². The molecule has 8 heteroatoms. The number of benzene rings is 3. The number of carbonyl (C=O) groups is 2. The Morgan fingerprint density at radius 1 is 0.952 bits per heavy atom. The minimum atomic E-state index is -0.0174. The number of ether oxygens (including phenoxy) is 1. The molecule has 6 rings (SSSR count). The molecule has 0 aliphatic carbocycles. The van der Waals surface area contributed by atoms with E-state index in [2.05, 4.69) is 40.7 Å². The largest absolute Gasteiger partial charge is 0.493 e. The summed E-state index contributed by atoms with van der Waals surface area (Å²) < 4.78 is 6.46. The maximum atomic E-state index is 14.0. The smallest absolute Gasteiger partial charge is 0.258 e. The first-order valence-corrected chi connectivity index (χ1v) is 15.3. The quantitative estimate of drug-likeness (QED) is 0.387. The minimum Gasteiger partial charge on any atom is -0.493 e. The average Bonchev–Trinajstić information content (AvgIpc) is 3.41. The molecule has 2 amide bonds. The molecule has 0 unspecified atom stereocenters. The molecule has 42 heavy (non-hydrogen) atoms. The summed E-state index contributed by atoms with van der Waals surface area (Å²) in [6.45, 7) is 10.2. The minimum absolute atomic E-state index is 0.0174. The molecule has 8 nitrogen and oxygen atoms in total. The molecule has 3 aliphatic heterocycles. The molecule has 0 radical (unpaired) electrons. The molecular weight excluding hydrogens is 526 g/mol. The number of fused-ring (bicyclic) bond motifs is 2. The molecule has 0 bridgehead atoms. The van der Waals surface area contributed by atoms with Crippen molar-refractivity contribution in [2.45, 2.75) is 39.2 Å². The van der Waals surface area contributed by atoms with Gasteiger partial charge in [0.05, 0.1) is 18.0 Å². The fourth-order valence-corrected chi connectivity index (χ4v) is 6.22. The number of rotatable bonds is 7. The van der Waals surface area contributed by atoms with Crippen LogP contribution in [0.3, 0.4) is 0 Å². The number of nitrogens with one attached hydrogen (secondary N) is 2. The first-order chi connectivity index (χ1) is 20.5. The van der Waals surface area contributed by atoms with Gasteiger partial charge in [0, 0.05) is 75.6 Å². The van der Waals surface area contributed by atoms with Crippen LogP contribution in [0.25, 0.3) is 11.1 Å². The highest BCUT2D eigenvalue weighted by Gasteiger charge is 2.25. The second kappa shape index (κ2) is 12.4. The maximum Gasteiger partial charge on any atom is 0.258 e. The van der Waals surface area contributed by atoms with Crippen LogP contribution in [0.15, 0.2) is 60.7 Å². The summed E-state index contributed by atoms with van der Waals surface area (Å²) in [7, 11) is 0. The number of hydrogen-bond donors (Lipinski definition) is 2. The van der Waals surface area contributed by atoms with Crippen molar-refractivity contribution in [3.05, 3.63) is 71.8 Å². The van der Waals surface area contributed by atoms with E-state index in [9.17, 15) is 9.59 Å². The van der Waals surface area contributed by atoms with Crippen LogP contribution >= 0.6 is 0 Å². The summed E-state index contributed by atoms with van der Waals surface area (Å²) in [4.78, 5) is 31.8. The molecule has 220 valence electrons. The lowest BCUT2D eigenvalue weighted by Crippen LogP contribution is -2.48. The van der Waals surface area contributed by atoms with Gasteiger partial charge in [0.15, 0.2) is 0 Å². The second-order valence-electron chi connectivity index (χ2n) is 11.6. The number of hydrogen-bond acceptors (Lipinski definition) is 6. The number of nitrogens with zero attached hydrogens (tertiary/aromatic N) is 3. The second-order valence-corrected chi connectivity index (χ2v) is 11.6. The van der Waals surface area contributed by atoms with E-state index in [1.54, 1.807) is 6.92 Å².